The van der Waals surface area contributed by atoms with E-state index in [9.17, 15) is 4.79 Å². The number of fused-ring (bicyclic) bond motifs is 1. The monoisotopic (exact) mass is 238 g/mol. The number of hydrogen-bond acceptors (Lipinski definition) is 5. The summed E-state index contributed by atoms with van der Waals surface area (Å²) in [5.74, 6) is 0.130. The predicted molar refractivity (Wildman–Crippen MR) is 61.6 cm³/mol. The number of ether oxygens (including phenoxy) is 1. The van der Waals surface area contributed by atoms with Crippen LogP contribution >= 0.6 is 11.3 Å². The Balaban J connectivity index is 1.81. The highest BCUT2D eigenvalue weighted by molar-refractivity contribution is 7.13. The molecule has 0 N–H and O–H groups in total. The average Bonchev–Trinajstić information content (AvgIpc) is 2.63. The third-order valence-corrected chi connectivity index (χ3v) is 4.27. The molecule has 0 saturated carbocycles. The molecule has 16 heavy (non-hydrogen) atoms. The normalized spacial score (nSPS) is 37.0. The topological polar surface area (TPSA) is 42.2 Å². The maximum Gasteiger partial charge on any atom is 0.187 e. The fourth-order valence-corrected chi connectivity index (χ4v) is 3.36. The molecule has 0 spiro atoms. The average molecular weight is 238 g/mol. The van der Waals surface area contributed by atoms with E-state index in [1.54, 1.807) is 24.5 Å². The van der Waals surface area contributed by atoms with Gasteiger partial charge in [-0.3, -0.25) is 4.79 Å². The summed E-state index contributed by atoms with van der Waals surface area (Å²) < 4.78 is 5.89. The van der Waals surface area contributed by atoms with Crippen LogP contribution in [-0.2, 0) is 9.53 Å². The van der Waals surface area contributed by atoms with Crippen molar-refractivity contribution in [1.29, 1.82) is 0 Å². The molecule has 86 valence electrons. The fraction of sp³-hybridized carbons (Fsp3) is 0.636. The molecule has 0 aromatic carbocycles. The third kappa shape index (κ3) is 1.31. The van der Waals surface area contributed by atoms with Gasteiger partial charge in [0.1, 0.15) is 6.10 Å². The molecule has 0 bridgehead atoms. The second-order valence-corrected chi connectivity index (χ2v) is 5.42. The van der Waals surface area contributed by atoms with Crippen molar-refractivity contribution in [2.45, 2.75) is 44.6 Å². The minimum atomic E-state index is -0.299. The van der Waals surface area contributed by atoms with Gasteiger partial charge in [0.2, 0.25) is 0 Å². The van der Waals surface area contributed by atoms with Gasteiger partial charge in [0.05, 0.1) is 6.04 Å². The zero-order valence-electron chi connectivity index (χ0n) is 9.34. The zero-order valence-corrected chi connectivity index (χ0v) is 10.2. The molecule has 4 nitrogen and oxygen atoms in total. The van der Waals surface area contributed by atoms with Gasteiger partial charge in [-0.25, -0.2) is 4.98 Å². The lowest BCUT2D eigenvalue weighted by Crippen LogP contribution is -2.34. The molecule has 1 aromatic heterocycles. The van der Waals surface area contributed by atoms with Gasteiger partial charge in [0, 0.05) is 11.6 Å². The largest absolute Gasteiger partial charge is 0.343 e. The Kier molecular flexibility index (Phi) is 2.09. The highest BCUT2D eigenvalue weighted by Crippen LogP contribution is 2.52. The Labute approximate surface area is 98.2 Å². The van der Waals surface area contributed by atoms with E-state index in [1.165, 1.54) is 0 Å². The first-order chi connectivity index (χ1) is 7.63. The highest BCUT2D eigenvalue weighted by atomic mass is 32.1. The molecule has 0 amide bonds. The fourth-order valence-electron chi connectivity index (χ4n) is 2.57. The molecule has 5 heteroatoms. The number of nitrogens with zero attached hydrogens (tertiary/aromatic N) is 2. The van der Waals surface area contributed by atoms with Gasteiger partial charge >= 0.3 is 0 Å². The van der Waals surface area contributed by atoms with E-state index >= 15 is 0 Å². The molecular weight excluding hydrogens is 224 g/mol. The van der Waals surface area contributed by atoms with E-state index in [1.807, 2.05) is 12.3 Å². The summed E-state index contributed by atoms with van der Waals surface area (Å²) in [5.41, 5.74) is -0.299. The first-order valence-corrected chi connectivity index (χ1v) is 6.38. The highest BCUT2D eigenvalue weighted by Gasteiger charge is 2.64. The van der Waals surface area contributed by atoms with Crippen molar-refractivity contribution in [3.05, 3.63) is 11.6 Å². The summed E-state index contributed by atoms with van der Waals surface area (Å²) in [5, 5.41) is 2.96. The van der Waals surface area contributed by atoms with Gasteiger partial charge in [0.25, 0.3) is 0 Å². The molecular formula is C11H14N2O2S. The number of carbonyl (C=O) groups is 1. The molecule has 0 aliphatic carbocycles. The molecule has 0 unspecified atom stereocenters. The van der Waals surface area contributed by atoms with Gasteiger partial charge in [-0.15, -0.1) is 11.3 Å². The second-order valence-electron chi connectivity index (χ2n) is 4.55. The van der Waals surface area contributed by atoms with Crippen LogP contribution in [0, 0.1) is 0 Å². The first-order valence-electron chi connectivity index (χ1n) is 5.50. The van der Waals surface area contributed by atoms with Crippen LogP contribution in [0.1, 0.15) is 26.7 Å². The molecule has 2 aliphatic heterocycles. The van der Waals surface area contributed by atoms with E-state index in [0.29, 0.717) is 6.04 Å². The maximum absolute atomic E-state index is 11.3. The van der Waals surface area contributed by atoms with Crippen LogP contribution in [-0.4, -0.2) is 28.6 Å². The lowest BCUT2D eigenvalue weighted by molar-refractivity contribution is -0.136. The van der Waals surface area contributed by atoms with Crippen LogP contribution in [0.2, 0.25) is 0 Å². The van der Waals surface area contributed by atoms with Gasteiger partial charge in [-0.05, 0) is 26.7 Å². The van der Waals surface area contributed by atoms with Crippen LogP contribution < -0.4 is 4.90 Å². The minimum absolute atomic E-state index is 0.130. The first kappa shape index (κ1) is 10.2. The number of anilines is 1. The summed E-state index contributed by atoms with van der Waals surface area (Å²) in [6, 6.07) is 0.397. The molecule has 3 atom stereocenters. The van der Waals surface area contributed by atoms with Gasteiger partial charge in [-0.1, -0.05) is 0 Å². The number of carbonyl (C=O) groups excluding carboxylic acids is 1. The predicted octanol–water partition coefficient (Wildman–Crippen LogP) is 1.82. The van der Waals surface area contributed by atoms with Crippen LogP contribution in [0.15, 0.2) is 11.6 Å². The summed E-state index contributed by atoms with van der Waals surface area (Å²) in [6.07, 6.45) is 3.42. The van der Waals surface area contributed by atoms with E-state index in [0.717, 1.165) is 18.0 Å². The molecule has 2 fully saturated rings. The molecule has 2 saturated heterocycles. The molecule has 3 rings (SSSR count). The molecule has 3 heterocycles. The molecule has 0 radical (unpaired) electrons. The Morgan fingerprint density at radius 1 is 1.69 bits per heavy atom. The molecule has 1 aromatic rings. The Morgan fingerprint density at radius 2 is 2.50 bits per heavy atom. The Bertz CT molecular complexity index is 420. The number of Topliss-reactive ketones (excluding diaryl/α,β-unsaturated/α-hetero) is 1. The zero-order chi connectivity index (χ0) is 11.3. The summed E-state index contributed by atoms with van der Waals surface area (Å²) in [6.45, 7) is 3.65. The standard InChI is InChI=1S/C11H14N2O2S/c1-7(14)8-3-4-9-11(2,15-8)13(9)10-12-5-6-16-10/h5-6,8-9H,3-4H2,1-2H3/t8-,9+,11-,13?/m1/s1. The van der Waals surface area contributed by atoms with Crippen molar-refractivity contribution in [2.75, 3.05) is 4.90 Å². The van der Waals surface area contributed by atoms with Crippen LogP contribution in [0.25, 0.3) is 0 Å². The van der Waals surface area contributed by atoms with Gasteiger partial charge in [-0.2, -0.15) is 0 Å². The third-order valence-electron chi connectivity index (χ3n) is 3.50. The van der Waals surface area contributed by atoms with Crippen LogP contribution in [0.3, 0.4) is 0 Å². The quantitative estimate of drug-likeness (QED) is 0.737. The maximum atomic E-state index is 11.3. The Morgan fingerprint density at radius 3 is 3.12 bits per heavy atom. The SMILES string of the molecule is CC(=O)[C@H]1CC[C@@H]2N(c3nccs3)[C@]2(C)O1. The lowest BCUT2D eigenvalue weighted by atomic mass is 10.0. The van der Waals surface area contributed by atoms with Crippen molar-refractivity contribution in [1.82, 2.24) is 4.98 Å². The number of ketones is 1. The van der Waals surface area contributed by atoms with E-state index in [-0.39, 0.29) is 17.6 Å². The van der Waals surface area contributed by atoms with Crippen molar-refractivity contribution in [2.24, 2.45) is 0 Å². The summed E-state index contributed by atoms with van der Waals surface area (Å²) >= 11 is 1.62. The number of aromatic nitrogens is 1. The lowest BCUT2D eigenvalue weighted by Gasteiger charge is -2.23. The number of thiazole rings is 1. The summed E-state index contributed by atoms with van der Waals surface area (Å²) in [7, 11) is 0. The number of rotatable bonds is 2. The smallest absolute Gasteiger partial charge is 0.187 e. The molecule has 2 aliphatic rings. The second kappa shape index (κ2) is 3.28. The van der Waals surface area contributed by atoms with Crippen molar-refractivity contribution >= 4 is 22.3 Å². The van der Waals surface area contributed by atoms with E-state index < -0.39 is 0 Å². The van der Waals surface area contributed by atoms with Crippen LogP contribution in [0.5, 0.6) is 0 Å². The van der Waals surface area contributed by atoms with Crippen LogP contribution in [0.4, 0.5) is 5.13 Å². The van der Waals surface area contributed by atoms with Crippen molar-refractivity contribution < 1.29 is 9.53 Å². The van der Waals surface area contributed by atoms with E-state index in [4.69, 9.17) is 4.74 Å². The van der Waals surface area contributed by atoms with E-state index in [2.05, 4.69) is 9.88 Å². The summed E-state index contributed by atoms with van der Waals surface area (Å²) in [4.78, 5) is 17.8. The van der Waals surface area contributed by atoms with Gasteiger partial charge < -0.3 is 9.64 Å². The Hall–Kier alpha value is -0.940. The number of hydrogen-bond donors (Lipinski definition) is 0. The minimum Gasteiger partial charge on any atom is -0.343 e. The van der Waals surface area contributed by atoms with Gasteiger partial charge in [0.15, 0.2) is 16.6 Å². The van der Waals surface area contributed by atoms with Crippen molar-refractivity contribution in [3.63, 3.8) is 0 Å². The van der Waals surface area contributed by atoms with Crippen molar-refractivity contribution in [3.8, 4) is 0 Å².